The van der Waals surface area contributed by atoms with Crippen LogP contribution in [-0.4, -0.2) is 54.5 Å². The molecule has 0 aromatic heterocycles. The van der Waals surface area contributed by atoms with E-state index in [2.05, 4.69) is 0 Å². The zero-order valence-electron chi connectivity index (χ0n) is 20.0. The molecule has 0 amide bonds. The Bertz CT molecular complexity index is 562. The third-order valence-corrected chi connectivity index (χ3v) is 11.3. The van der Waals surface area contributed by atoms with E-state index in [-0.39, 0.29) is 0 Å². The molecule has 206 valence electrons. The molecule has 0 spiro atoms. The van der Waals surface area contributed by atoms with Gasteiger partial charge in [0.15, 0.2) is 0 Å². The van der Waals surface area contributed by atoms with Crippen molar-refractivity contribution in [3.63, 3.8) is 0 Å². The summed E-state index contributed by atoms with van der Waals surface area (Å²) in [6.07, 6.45) is -1.25. The second-order valence-electron chi connectivity index (χ2n) is 9.03. The van der Waals surface area contributed by atoms with Gasteiger partial charge in [-0.3, -0.25) is 0 Å². The lowest BCUT2D eigenvalue weighted by molar-refractivity contribution is -0.422. The Kier molecular flexibility index (Phi) is 13.1. The van der Waals surface area contributed by atoms with Gasteiger partial charge in [-0.15, -0.1) is 0 Å². The van der Waals surface area contributed by atoms with Gasteiger partial charge in [-0.05, 0) is 32.1 Å². The predicted octanol–water partition coefficient (Wildman–Crippen LogP) is 10.1. The largest absolute Gasteiger partial charge is 0.460 e. The number of halogens is 11. The molecule has 0 atom stereocenters. The molecular formula is C22H37F11P+. The molecule has 0 rings (SSSR count). The fourth-order valence-electron chi connectivity index (χ4n) is 4.03. The highest BCUT2D eigenvalue weighted by Gasteiger charge is 2.87. The molecule has 0 bridgehead atoms. The topological polar surface area (TPSA) is 0 Å². The van der Waals surface area contributed by atoms with Crippen molar-refractivity contribution < 1.29 is 48.3 Å². The summed E-state index contributed by atoms with van der Waals surface area (Å²) in [6.45, 7) is 5.69. The molecule has 0 nitrogen and oxygen atoms in total. The highest BCUT2D eigenvalue weighted by molar-refractivity contribution is 7.75. The highest BCUT2D eigenvalue weighted by atomic mass is 31.2. The van der Waals surface area contributed by atoms with Crippen molar-refractivity contribution in [2.75, 3.05) is 24.6 Å². The standard InChI is InChI=1S/C22H37F11P/c1-4-7-9-11-15-34(14-6-3,16-12-10-8-5-2)17-13-18(23,24)19(25,26)20(27,28)21(29,30)22(31,32)33/h4-17H2,1-3H3/q+1. The van der Waals surface area contributed by atoms with Crippen molar-refractivity contribution in [3.05, 3.63) is 0 Å². The van der Waals surface area contributed by atoms with Crippen LogP contribution in [0.15, 0.2) is 0 Å². The summed E-state index contributed by atoms with van der Waals surface area (Å²) in [5, 5.41) is 0. The van der Waals surface area contributed by atoms with Crippen LogP contribution in [0, 0.1) is 0 Å². The predicted molar refractivity (Wildman–Crippen MR) is 115 cm³/mol. The molecule has 0 unspecified atom stereocenters. The number of hydrogen-bond acceptors (Lipinski definition) is 0. The summed E-state index contributed by atoms with van der Waals surface area (Å²) in [7, 11) is -2.34. The summed E-state index contributed by atoms with van der Waals surface area (Å²) in [5.41, 5.74) is 0. The van der Waals surface area contributed by atoms with E-state index in [0.29, 0.717) is 37.7 Å². The van der Waals surface area contributed by atoms with Gasteiger partial charge in [0.2, 0.25) is 0 Å². The van der Waals surface area contributed by atoms with Gasteiger partial charge in [0, 0.05) is 7.26 Å². The van der Waals surface area contributed by atoms with Gasteiger partial charge in [0.1, 0.15) is 0 Å². The maximum Gasteiger partial charge on any atom is 0.460 e. The van der Waals surface area contributed by atoms with Crippen LogP contribution in [0.25, 0.3) is 0 Å². The minimum Gasteiger partial charge on any atom is -0.199 e. The van der Waals surface area contributed by atoms with Crippen molar-refractivity contribution in [2.24, 2.45) is 0 Å². The molecule has 0 saturated carbocycles. The summed E-state index contributed by atoms with van der Waals surface area (Å²) < 4.78 is 147. The SMILES string of the molecule is CCCCCC[P+](CCC)(CCCCCC)CCC(F)(F)C(F)(F)C(F)(F)C(F)(F)C(F)(F)F. The minimum absolute atomic E-state index is 0.446. The molecule has 0 aromatic carbocycles. The third-order valence-electron chi connectivity index (χ3n) is 6.17. The number of hydrogen-bond donors (Lipinski definition) is 0. The Labute approximate surface area is 195 Å². The van der Waals surface area contributed by atoms with Crippen molar-refractivity contribution in [2.45, 2.75) is 115 Å². The van der Waals surface area contributed by atoms with Gasteiger partial charge in [-0.1, -0.05) is 46.5 Å². The second kappa shape index (κ2) is 13.3. The van der Waals surface area contributed by atoms with Crippen LogP contribution in [0.5, 0.6) is 0 Å². The first-order valence-electron chi connectivity index (χ1n) is 11.8. The molecule has 34 heavy (non-hydrogen) atoms. The second-order valence-corrected chi connectivity index (χ2v) is 13.5. The van der Waals surface area contributed by atoms with E-state index in [1.165, 1.54) is 0 Å². The van der Waals surface area contributed by atoms with Crippen LogP contribution in [0.4, 0.5) is 48.3 Å². The number of rotatable bonds is 18. The Morgan fingerprint density at radius 2 is 0.882 bits per heavy atom. The maximum absolute atomic E-state index is 14.4. The Hall–Kier alpha value is -0.340. The van der Waals surface area contributed by atoms with Gasteiger partial charge < -0.3 is 0 Å². The fourth-order valence-corrected chi connectivity index (χ4v) is 8.87. The van der Waals surface area contributed by atoms with Crippen LogP contribution in [0.3, 0.4) is 0 Å². The molecule has 0 aromatic rings. The first kappa shape index (κ1) is 33.7. The zero-order valence-corrected chi connectivity index (χ0v) is 20.9. The van der Waals surface area contributed by atoms with E-state index in [1.807, 2.05) is 13.8 Å². The quantitative estimate of drug-likeness (QED) is 0.0920. The molecule has 0 N–H and O–H groups in total. The smallest absolute Gasteiger partial charge is 0.199 e. The van der Waals surface area contributed by atoms with E-state index < -0.39 is 49.7 Å². The van der Waals surface area contributed by atoms with Gasteiger partial charge in [0.05, 0.1) is 31.1 Å². The molecule has 12 heteroatoms. The lowest BCUT2D eigenvalue weighted by atomic mass is 9.96. The monoisotopic (exact) mass is 541 g/mol. The van der Waals surface area contributed by atoms with E-state index in [0.717, 1.165) is 38.5 Å². The molecule has 0 radical (unpaired) electrons. The summed E-state index contributed by atoms with van der Waals surface area (Å²) in [5.74, 6) is -27.2. The first-order chi connectivity index (χ1) is 15.4. The Balaban J connectivity index is 5.85. The van der Waals surface area contributed by atoms with Crippen LogP contribution in [0.1, 0.15) is 85.0 Å². The average Bonchev–Trinajstić information content (AvgIpc) is 2.72. The van der Waals surface area contributed by atoms with Gasteiger partial charge in [0.25, 0.3) is 0 Å². The molecule has 0 aliphatic heterocycles. The normalized spacial score (nSPS) is 14.6. The minimum atomic E-state index is -7.32. The summed E-state index contributed by atoms with van der Waals surface area (Å²) in [6, 6.07) is 0. The maximum atomic E-state index is 14.4. The van der Waals surface area contributed by atoms with Crippen LogP contribution in [0.2, 0.25) is 0 Å². The van der Waals surface area contributed by atoms with E-state index in [1.54, 1.807) is 6.92 Å². The van der Waals surface area contributed by atoms with Crippen LogP contribution >= 0.6 is 7.26 Å². The molecular weight excluding hydrogens is 504 g/mol. The Morgan fingerprint density at radius 1 is 0.441 bits per heavy atom. The number of alkyl halides is 11. The zero-order chi connectivity index (χ0) is 26.9. The third kappa shape index (κ3) is 8.09. The first-order valence-corrected chi connectivity index (χ1v) is 14.3. The van der Waals surface area contributed by atoms with Crippen molar-refractivity contribution in [3.8, 4) is 0 Å². The van der Waals surface area contributed by atoms with Gasteiger partial charge >= 0.3 is 29.9 Å². The fraction of sp³-hybridized carbons (Fsp3) is 1.00. The lowest BCUT2D eigenvalue weighted by Gasteiger charge is -2.38. The molecule has 0 heterocycles. The van der Waals surface area contributed by atoms with Crippen LogP contribution < -0.4 is 0 Å². The Morgan fingerprint density at radius 3 is 1.24 bits per heavy atom. The average molecular weight is 541 g/mol. The highest BCUT2D eigenvalue weighted by Crippen LogP contribution is 2.64. The number of unbranched alkanes of at least 4 members (excludes halogenated alkanes) is 6. The molecule has 0 aliphatic rings. The lowest BCUT2D eigenvalue weighted by Crippen LogP contribution is -2.66. The van der Waals surface area contributed by atoms with E-state index >= 15 is 0 Å². The van der Waals surface area contributed by atoms with Crippen molar-refractivity contribution in [1.82, 2.24) is 0 Å². The molecule has 0 aliphatic carbocycles. The molecule has 0 fully saturated rings. The van der Waals surface area contributed by atoms with Crippen molar-refractivity contribution in [1.29, 1.82) is 0 Å². The van der Waals surface area contributed by atoms with E-state index in [4.69, 9.17) is 0 Å². The van der Waals surface area contributed by atoms with Gasteiger partial charge in [-0.2, -0.15) is 48.3 Å². The molecule has 0 saturated heterocycles. The van der Waals surface area contributed by atoms with Crippen LogP contribution in [-0.2, 0) is 0 Å². The summed E-state index contributed by atoms with van der Waals surface area (Å²) >= 11 is 0. The van der Waals surface area contributed by atoms with E-state index in [9.17, 15) is 48.3 Å². The summed E-state index contributed by atoms with van der Waals surface area (Å²) in [4.78, 5) is 0. The van der Waals surface area contributed by atoms with Crippen molar-refractivity contribution >= 4 is 7.26 Å². The van der Waals surface area contributed by atoms with Gasteiger partial charge in [-0.25, -0.2) is 0 Å².